The highest BCUT2D eigenvalue weighted by atomic mass is 16.5. The van der Waals surface area contributed by atoms with Crippen LogP contribution in [0.25, 0.3) is 0 Å². The van der Waals surface area contributed by atoms with E-state index in [1.54, 1.807) is 0 Å². The van der Waals surface area contributed by atoms with Crippen molar-refractivity contribution in [2.45, 2.75) is 44.4 Å². The molecule has 0 spiro atoms. The Morgan fingerprint density at radius 2 is 2.25 bits per heavy atom. The Hall–Kier alpha value is -1.43. The summed E-state index contributed by atoms with van der Waals surface area (Å²) >= 11 is 0. The average molecular weight is 278 g/mol. The predicted octanol–water partition coefficient (Wildman–Crippen LogP) is 1.25. The molecule has 2 fully saturated rings. The van der Waals surface area contributed by atoms with Gasteiger partial charge in [0.25, 0.3) is 0 Å². The van der Waals surface area contributed by atoms with E-state index in [1.165, 1.54) is 0 Å². The number of rotatable bonds is 4. The fraction of sp³-hybridized carbons (Fsp3) is 0.786. The number of nitrogens with two attached hydrogens (primary N) is 1. The van der Waals surface area contributed by atoms with Crippen LogP contribution in [0.5, 0.6) is 0 Å². The minimum absolute atomic E-state index is 0.110. The fourth-order valence-corrected chi connectivity index (χ4v) is 2.71. The molecular weight excluding hydrogens is 256 g/mol. The van der Waals surface area contributed by atoms with Crippen molar-refractivity contribution in [3.63, 3.8) is 0 Å². The molecule has 1 amide bonds. The Labute approximate surface area is 118 Å². The first kappa shape index (κ1) is 13.5. The molecule has 1 aromatic heterocycles. The summed E-state index contributed by atoms with van der Waals surface area (Å²) < 4.78 is 5.32. The first-order chi connectivity index (χ1) is 9.69. The minimum atomic E-state index is -0.110. The van der Waals surface area contributed by atoms with E-state index in [1.807, 2.05) is 11.8 Å². The first-order valence-electron chi connectivity index (χ1n) is 7.51. The van der Waals surface area contributed by atoms with Gasteiger partial charge in [-0.1, -0.05) is 12.1 Å². The van der Waals surface area contributed by atoms with Gasteiger partial charge in [0.15, 0.2) is 5.82 Å². The lowest BCUT2D eigenvalue weighted by atomic mass is 9.96. The quantitative estimate of drug-likeness (QED) is 0.895. The summed E-state index contributed by atoms with van der Waals surface area (Å²) in [6, 6.07) is 0. The summed E-state index contributed by atoms with van der Waals surface area (Å²) in [7, 11) is 0. The normalized spacial score (nSPS) is 24.7. The van der Waals surface area contributed by atoms with Crippen molar-refractivity contribution in [3.05, 3.63) is 11.7 Å². The third-order valence-corrected chi connectivity index (χ3v) is 4.26. The molecule has 6 heteroatoms. The molecule has 1 saturated carbocycles. The Morgan fingerprint density at radius 1 is 1.45 bits per heavy atom. The topological polar surface area (TPSA) is 85.3 Å². The van der Waals surface area contributed by atoms with Crippen LogP contribution >= 0.6 is 0 Å². The van der Waals surface area contributed by atoms with Crippen LogP contribution in [0, 0.1) is 5.92 Å². The van der Waals surface area contributed by atoms with E-state index in [9.17, 15) is 4.79 Å². The number of amides is 1. The summed E-state index contributed by atoms with van der Waals surface area (Å²) in [4.78, 5) is 18.6. The highest BCUT2D eigenvalue weighted by molar-refractivity contribution is 5.78. The third kappa shape index (κ3) is 2.70. The van der Waals surface area contributed by atoms with Crippen molar-refractivity contribution in [3.8, 4) is 0 Å². The van der Waals surface area contributed by atoms with Crippen LogP contribution in [-0.4, -0.2) is 40.6 Å². The van der Waals surface area contributed by atoms with Crippen LogP contribution in [0.15, 0.2) is 4.52 Å². The number of carbonyl (C=O) groups excluding carboxylic acids is 1. The van der Waals surface area contributed by atoms with Crippen LogP contribution in [0.2, 0.25) is 0 Å². The Balaban J connectivity index is 1.66. The Morgan fingerprint density at radius 3 is 2.95 bits per heavy atom. The maximum Gasteiger partial charge on any atom is 0.229 e. The molecule has 110 valence electrons. The smallest absolute Gasteiger partial charge is 0.229 e. The number of hydrogen-bond donors (Lipinski definition) is 1. The van der Waals surface area contributed by atoms with Gasteiger partial charge < -0.3 is 15.2 Å². The van der Waals surface area contributed by atoms with Crippen LogP contribution < -0.4 is 5.73 Å². The molecule has 3 rings (SSSR count). The summed E-state index contributed by atoms with van der Waals surface area (Å²) in [5.74, 6) is 2.26. The SMILES string of the molecule is CC(CN)C(=O)N1CCCC(c2noc(C3CC3)n2)C1. The van der Waals surface area contributed by atoms with Gasteiger partial charge in [0.05, 0.1) is 0 Å². The van der Waals surface area contributed by atoms with E-state index >= 15 is 0 Å². The summed E-state index contributed by atoms with van der Waals surface area (Å²) in [6.07, 6.45) is 4.32. The number of hydrogen-bond acceptors (Lipinski definition) is 5. The molecule has 1 aliphatic carbocycles. The molecule has 0 radical (unpaired) electrons. The maximum absolute atomic E-state index is 12.2. The van der Waals surface area contributed by atoms with Crippen molar-refractivity contribution in [1.82, 2.24) is 15.0 Å². The third-order valence-electron chi connectivity index (χ3n) is 4.26. The Kier molecular flexibility index (Phi) is 3.74. The molecule has 1 aliphatic heterocycles. The summed E-state index contributed by atoms with van der Waals surface area (Å²) in [5, 5.41) is 4.11. The fourth-order valence-electron chi connectivity index (χ4n) is 2.71. The second-order valence-electron chi connectivity index (χ2n) is 6.03. The zero-order valence-electron chi connectivity index (χ0n) is 11.9. The van der Waals surface area contributed by atoms with Gasteiger partial charge in [0, 0.05) is 37.4 Å². The molecule has 2 N–H and O–H groups in total. The minimum Gasteiger partial charge on any atom is -0.342 e. The van der Waals surface area contributed by atoms with E-state index in [4.69, 9.17) is 10.3 Å². The molecule has 1 aromatic rings. The highest BCUT2D eigenvalue weighted by Crippen LogP contribution is 2.39. The molecule has 2 aliphatic rings. The summed E-state index contributed by atoms with van der Waals surface area (Å²) in [5.41, 5.74) is 5.58. The first-order valence-corrected chi connectivity index (χ1v) is 7.51. The number of carbonyl (C=O) groups is 1. The van der Waals surface area contributed by atoms with Gasteiger partial charge in [-0.25, -0.2) is 0 Å². The van der Waals surface area contributed by atoms with E-state index < -0.39 is 0 Å². The lowest BCUT2D eigenvalue weighted by molar-refractivity contribution is -0.135. The molecule has 2 heterocycles. The predicted molar refractivity (Wildman–Crippen MR) is 73.0 cm³/mol. The summed E-state index contributed by atoms with van der Waals surface area (Å²) in [6.45, 7) is 3.78. The standard InChI is InChI=1S/C14H22N4O2/c1-9(7-15)14(19)18-6-2-3-11(8-18)12-16-13(20-17-12)10-4-5-10/h9-11H,2-8,15H2,1H3. The molecular formula is C14H22N4O2. The Bertz CT molecular complexity index is 483. The van der Waals surface area contributed by atoms with Crippen LogP contribution in [0.4, 0.5) is 0 Å². The molecule has 2 atom stereocenters. The highest BCUT2D eigenvalue weighted by Gasteiger charge is 2.33. The van der Waals surface area contributed by atoms with Crippen molar-refractivity contribution in [1.29, 1.82) is 0 Å². The van der Waals surface area contributed by atoms with Gasteiger partial charge in [-0.15, -0.1) is 0 Å². The number of piperidine rings is 1. The van der Waals surface area contributed by atoms with Gasteiger partial charge in [0.2, 0.25) is 11.8 Å². The zero-order valence-corrected chi connectivity index (χ0v) is 11.9. The van der Waals surface area contributed by atoms with Crippen molar-refractivity contribution in [2.75, 3.05) is 19.6 Å². The second kappa shape index (κ2) is 5.52. The second-order valence-corrected chi connectivity index (χ2v) is 6.03. The van der Waals surface area contributed by atoms with Gasteiger partial charge in [-0.3, -0.25) is 4.79 Å². The molecule has 0 bridgehead atoms. The average Bonchev–Trinajstić information content (AvgIpc) is 3.23. The molecule has 6 nitrogen and oxygen atoms in total. The van der Waals surface area contributed by atoms with Crippen molar-refractivity contribution in [2.24, 2.45) is 11.7 Å². The lowest BCUT2D eigenvalue weighted by Gasteiger charge is -2.32. The molecule has 0 aromatic carbocycles. The maximum atomic E-state index is 12.2. The number of aromatic nitrogens is 2. The van der Waals surface area contributed by atoms with Crippen LogP contribution in [0.3, 0.4) is 0 Å². The van der Waals surface area contributed by atoms with Crippen molar-refractivity contribution >= 4 is 5.91 Å². The van der Waals surface area contributed by atoms with Gasteiger partial charge >= 0.3 is 0 Å². The number of likely N-dealkylation sites (tertiary alicyclic amines) is 1. The molecule has 1 saturated heterocycles. The lowest BCUT2D eigenvalue weighted by Crippen LogP contribution is -2.43. The van der Waals surface area contributed by atoms with Gasteiger partial charge in [0.1, 0.15) is 0 Å². The van der Waals surface area contributed by atoms with Crippen LogP contribution in [-0.2, 0) is 4.79 Å². The monoisotopic (exact) mass is 278 g/mol. The van der Waals surface area contributed by atoms with E-state index in [0.29, 0.717) is 19.0 Å². The van der Waals surface area contributed by atoms with Gasteiger partial charge in [-0.2, -0.15) is 4.98 Å². The number of nitrogens with zero attached hydrogens (tertiary/aromatic N) is 3. The van der Waals surface area contributed by atoms with Crippen molar-refractivity contribution < 1.29 is 9.32 Å². The zero-order chi connectivity index (χ0) is 14.1. The van der Waals surface area contributed by atoms with E-state index in [2.05, 4.69) is 10.1 Å². The molecule has 2 unspecified atom stereocenters. The van der Waals surface area contributed by atoms with E-state index in [-0.39, 0.29) is 17.7 Å². The van der Waals surface area contributed by atoms with Gasteiger partial charge in [-0.05, 0) is 25.7 Å². The molecule has 20 heavy (non-hydrogen) atoms. The van der Waals surface area contributed by atoms with Crippen LogP contribution in [0.1, 0.15) is 56.2 Å². The van der Waals surface area contributed by atoms with E-state index in [0.717, 1.165) is 43.9 Å². The largest absolute Gasteiger partial charge is 0.342 e.